The highest BCUT2D eigenvalue weighted by atomic mass is 19.1. The van der Waals surface area contributed by atoms with Crippen LogP contribution in [0.3, 0.4) is 0 Å². The van der Waals surface area contributed by atoms with E-state index in [1.54, 1.807) is 16.9 Å². The Morgan fingerprint density at radius 2 is 2.40 bits per heavy atom. The van der Waals surface area contributed by atoms with Gasteiger partial charge in [-0.05, 0) is 18.1 Å². The van der Waals surface area contributed by atoms with Crippen molar-refractivity contribution in [1.29, 1.82) is 0 Å². The van der Waals surface area contributed by atoms with Gasteiger partial charge in [0.2, 0.25) is 0 Å². The summed E-state index contributed by atoms with van der Waals surface area (Å²) < 4.78 is 14.7. The molecule has 2 atom stereocenters. The van der Waals surface area contributed by atoms with E-state index in [1.165, 1.54) is 0 Å². The van der Waals surface area contributed by atoms with Crippen molar-refractivity contribution >= 4 is 11.8 Å². The minimum absolute atomic E-state index is 0.0925. The lowest BCUT2D eigenvalue weighted by Crippen LogP contribution is -1.96. The van der Waals surface area contributed by atoms with Crippen LogP contribution in [0, 0.1) is 0 Å². The number of nitrogens with zero attached hydrogens (tertiary/aromatic N) is 2. The SMILES string of the molecule is O=Cc1c([C@@H]2C[C@@H]2F)ccn2cncc12. The lowest BCUT2D eigenvalue weighted by atomic mass is 10.1. The number of pyridine rings is 1. The quantitative estimate of drug-likeness (QED) is 0.701. The molecule has 0 aromatic carbocycles. The van der Waals surface area contributed by atoms with Gasteiger partial charge in [0.05, 0.1) is 18.0 Å². The Morgan fingerprint density at radius 3 is 3.07 bits per heavy atom. The smallest absolute Gasteiger partial charge is 0.152 e. The van der Waals surface area contributed by atoms with Gasteiger partial charge in [0, 0.05) is 17.7 Å². The van der Waals surface area contributed by atoms with E-state index in [0.717, 1.165) is 17.4 Å². The first kappa shape index (κ1) is 8.59. The van der Waals surface area contributed by atoms with Gasteiger partial charge >= 0.3 is 0 Å². The molecular formula is C11H9FN2O. The molecule has 0 N–H and O–H groups in total. The Morgan fingerprint density at radius 1 is 1.60 bits per heavy atom. The van der Waals surface area contributed by atoms with Gasteiger partial charge in [-0.2, -0.15) is 0 Å². The monoisotopic (exact) mass is 204 g/mol. The maximum Gasteiger partial charge on any atom is 0.152 e. The molecule has 1 fully saturated rings. The Balaban J connectivity index is 2.24. The summed E-state index contributed by atoms with van der Waals surface area (Å²) in [5.74, 6) is -0.0925. The van der Waals surface area contributed by atoms with Crippen molar-refractivity contribution in [3.63, 3.8) is 0 Å². The number of carbonyl (C=O) groups is 1. The van der Waals surface area contributed by atoms with Crippen LogP contribution in [-0.2, 0) is 0 Å². The van der Waals surface area contributed by atoms with Gasteiger partial charge in [0.15, 0.2) is 6.29 Å². The zero-order valence-corrected chi connectivity index (χ0v) is 7.93. The van der Waals surface area contributed by atoms with Gasteiger partial charge in [-0.1, -0.05) is 0 Å². The number of hydrogen-bond donors (Lipinski definition) is 0. The highest BCUT2D eigenvalue weighted by Crippen LogP contribution is 2.44. The lowest BCUT2D eigenvalue weighted by molar-refractivity contribution is 0.112. The molecule has 2 aromatic rings. The van der Waals surface area contributed by atoms with E-state index in [0.29, 0.717) is 12.0 Å². The van der Waals surface area contributed by atoms with E-state index in [4.69, 9.17) is 0 Å². The number of halogens is 1. The molecule has 1 aliphatic rings. The Bertz CT molecular complexity index is 534. The second-order valence-corrected chi connectivity index (χ2v) is 3.85. The first-order valence-electron chi connectivity index (χ1n) is 4.85. The second kappa shape index (κ2) is 2.89. The first-order chi connectivity index (χ1) is 7.31. The minimum atomic E-state index is -0.783. The molecule has 0 aliphatic heterocycles. The molecule has 3 nitrogen and oxygen atoms in total. The van der Waals surface area contributed by atoms with Crippen LogP contribution < -0.4 is 0 Å². The van der Waals surface area contributed by atoms with Gasteiger partial charge in [0.1, 0.15) is 6.17 Å². The molecule has 0 radical (unpaired) electrons. The number of alkyl halides is 1. The summed E-state index contributed by atoms with van der Waals surface area (Å²) in [6.07, 6.45) is 5.61. The van der Waals surface area contributed by atoms with Crippen molar-refractivity contribution in [3.8, 4) is 0 Å². The highest BCUT2D eigenvalue weighted by molar-refractivity contribution is 5.88. The molecule has 0 spiro atoms. The Labute approximate surface area is 85.6 Å². The van der Waals surface area contributed by atoms with Crippen LogP contribution in [0.5, 0.6) is 0 Å². The Hall–Kier alpha value is -1.71. The number of rotatable bonds is 2. The van der Waals surface area contributed by atoms with Gasteiger partial charge in [0.25, 0.3) is 0 Å². The van der Waals surface area contributed by atoms with Crippen molar-refractivity contribution < 1.29 is 9.18 Å². The fraction of sp³-hybridized carbons (Fsp3) is 0.273. The zero-order valence-electron chi connectivity index (χ0n) is 7.93. The normalized spacial score (nSPS) is 24.3. The third-order valence-corrected chi connectivity index (χ3v) is 2.90. The molecule has 1 saturated carbocycles. The number of hydrogen-bond acceptors (Lipinski definition) is 2. The summed E-state index contributed by atoms with van der Waals surface area (Å²) in [6.45, 7) is 0. The van der Waals surface area contributed by atoms with E-state index in [9.17, 15) is 9.18 Å². The van der Waals surface area contributed by atoms with Gasteiger partial charge < -0.3 is 4.40 Å². The predicted molar refractivity (Wildman–Crippen MR) is 52.8 cm³/mol. The third-order valence-electron chi connectivity index (χ3n) is 2.90. The summed E-state index contributed by atoms with van der Waals surface area (Å²) in [5, 5.41) is 0. The molecule has 4 heteroatoms. The summed E-state index contributed by atoms with van der Waals surface area (Å²) in [4.78, 5) is 15.0. The molecular weight excluding hydrogens is 195 g/mol. The van der Waals surface area contributed by atoms with Gasteiger partial charge in [-0.15, -0.1) is 0 Å². The molecule has 1 aliphatic carbocycles. The summed E-state index contributed by atoms with van der Waals surface area (Å²) >= 11 is 0. The zero-order chi connectivity index (χ0) is 10.4. The summed E-state index contributed by atoms with van der Waals surface area (Å²) in [6, 6.07) is 1.81. The largest absolute Gasteiger partial charge is 0.306 e. The van der Waals surface area contributed by atoms with Crippen molar-refractivity contribution in [1.82, 2.24) is 9.38 Å². The average molecular weight is 204 g/mol. The van der Waals surface area contributed by atoms with E-state index >= 15 is 0 Å². The van der Waals surface area contributed by atoms with Crippen LogP contribution in [0.15, 0.2) is 24.8 Å². The van der Waals surface area contributed by atoms with E-state index in [2.05, 4.69) is 4.98 Å². The molecule has 2 heterocycles. The van der Waals surface area contributed by atoms with Crippen molar-refractivity contribution in [3.05, 3.63) is 35.9 Å². The fourth-order valence-corrected chi connectivity index (χ4v) is 1.97. The average Bonchev–Trinajstić information content (AvgIpc) is 2.80. The minimum Gasteiger partial charge on any atom is -0.306 e. The standard InChI is InChI=1S/C11H9FN2O/c12-10-3-8(10)7-1-2-14-6-13-4-11(14)9(7)5-15/h1-2,4-6,8,10H,3H2/t8-,10-/m0/s1. The highest BCUT2D eigenvalue weighted by Gasteiger charge is 2.40. The summed E-state index contributed by atoms with van der Waals surface area (Å²) in [7, 11) is 0. The topological polar surface area (TPSA) is 34.4 Å². The van der Waals surface area contributed by atoms with Crippen LogP contribution in [0.4, 0.5) is 4.39 Å². The van der Waals surface area contributed by atoms with Crippen LogP contribution in [-0.4, -0.2) is 21.8 Å². The second-order valence-electron chi connectivity index (χ2n) is 3.85. The fourth-order valence-electron chi connectivity index (χ4n) is 1.97. The molecule has 0 bridgehead atoms. The van der Waals surface area contributed by atoms with E-state index < -0.39 is 6.17 Å². The van der Waals surface area contributed by atoms with Crippen molar-refractivity contribution in [2.24, 2.45) is 0 Å². The molecule has 0 saturated heterocycles. The van der Waals surface area contributed by atoms with E-state index in [-0.39, 0.29) is 5.92 Å². The van der Waals surface area contributed by atoms with Gasteiger partial charge in [-0.3, -0.25) is 4.79 Å². The number of carbonyl (C=O) groups excluding carboxylic acids is 1. The maximum absolute atomic E-state index is 13.0. The molecule has 76 valence electrons. The van der Waals surface area contributed by atoms with E-state index in [1.807, 2.05) is 12.3 Å². The van der Waals surface area contributed by atoms with Gasteiger partial charge in [-0.25, -0.2) is 9.37 Å². The number of aromatic nitrogens is 2. The molecule has 15 heavy (non-hydrogen) atoms. The van der Waals surface area contributed by atoms with Crippen LogP contribution in [0.25, 0.3) is 5.52 Å². The molecule has 0 unspecified atom stereocenters. The van der Waals surface area contributed by atoms with Crippen molar-refractivity contribution in [2.75, 3.05) is 0 Å². The Kier molecular flexibility index (Phi) is 1.65. The number of aldehydes is 1. The van der Waals surface area contributed by atoms with Crippen LogP contribution in [0.2, 0.25) is 0 Å². The molecule has 3 rings (SSSR count). The third kappa shape index (κ3) is 1.17. The van der Waals surface area contributed by atoms with Crippen molar-refractivity contribution in [2.45, 2.75) is 18.5 Å². The first-order valence-corrected chi connectivity index (χ1v) is 4.85. The number of imidazole rings is 1. The summed E-state index contributed by atoms with van der Waals surface area (Å²) in [5.41, 5.74) is 2.13. The predicted octanol–water partition coefficient (Wildman–Crippen LogP) is 1.97. The van der Waals surface area contributed by atoms with Crippen LogP contribution in [0.1, 0.15) is 28.3 Å². The molecule has 0 amide bonds. The lowest BCUT2D eigenvalue weighted by Gasteiger charge is -2.04. The maximum atomic E-state index is 13.0. The van der Waals surface area contributed by atoms with Crippen LogP contribution >= 0.6 is 0 Å². The number of fused-ring (bicyclic) bond motifs is 1. The molecule has 2 aromatic heterocycles.